The number of para-hydroxylation sites is 2. The summed E-state index contributed by atoms with van der Waals surface area (Å²) in [5, 5.41) is 0. The van der Waals surface area contributed by atoms with Crippen molar-refractivity contribution in [3.05, 3.63) is 76.8 Å². The number of aromatic nitrogens is 5. The van der Waals surface area contributed by atoms with Gasteiger partial charge in [0.15, 0.2) is 5.65 Å². The second kappa shape index (κ2) is 6.88. The van der Waals surface area contributed by atoms with Gasteiger partial charge >= 0.3 is 11.7 Å². The molecule has 0 bridgehead atoms. The highest BCUT2D eigenvalue weighted by Gasteiger charge is 2.16. The van der Waals surface area contributed by atoms with Crippen LogP contribution in [0.1, 0.15) is 12.5 Å². The summed E-state index contributed by atoms with van der Waals surface area (Å²) in [6.45, 7) is 4.50. The summed E-state index contributed by atoms with van der Waals surface area (Å²) >= 11 is 0. The van der Waals surface area contributed by atoms with E-state index in [1.54, 1.807) is 15.3 Å². The van der Waals surface area contributed by atoms with Gasteiger partial charge in [-0.1, -0.05) is 12.1 Å². The van der Waals surface area contributed by atoms with Crippen molar-refractivity contribution in [3.8, 4) is 17.4 Å². The molecule has 0 atom stereocenters. The Hall–Kier alpha value is -3.87. The van der Waals surface area contributed by atoms with Gasteiger partial charge in [0.05, 0.1) is 22.2 Å². The number of rotatable bonds is 4. The van der Waals surface area contributed by atoms with Crippen LogP contribution < -0.4 is 10.4 Å². The fraction of sp³-hybridized carbons (Fsp3) is 0.174. The third kappa shape index (κ3) is 2.70. The lowest BCUT2D eigenvalue weighted by molar-refractivity contribution is 0.425. The lowest BCUT2D eigenvalue weighted by Gasteiger charge is -2.10. The fourth-order valence-corrected chi connectivity index (χ4v) is 3.82. The van der Waals surface area contributed by atoms with E-state index in [0.29, 0.717) is 24.0 Å². The third-order valence-corrected chi connectivity index (χ3v) is 5.37. The Morgan fingerprint density at radius 2 is 1.83 bits per heavy atom. The number of benzene rings is 2. The van der Waals surface area contributed by atoms with E-state index < -0.39 is 0 Å². The lowest BCUT2D eigenvalue weighted by atomic mass is 10.2. The van der Waals surface area contributed by atoms with Gasteiger partial charge < -0.3 is 4.74 Å². The highest BCUT2D eigenvalue weighted by atomic mass is 16.5. The van der Waals surface area contributed by atoms with Crippen LogP contribution in [-0.4, -0.2) is 23.7 Å². The molecule has 150 valence electrons. The average Bonchev–Trinajstić information content (AvgIpc) is 3.23. The van der Waals surface area contributed by atoms with E-state index in [-0.39, 0.29) is 5.69 Å². The number of pyridine rings is 1. The molecule has 0 amide bonds. The number of imidazole rings is 2. The quantitative estimate of drug-likeness (QED) is 0.454. The molecule has 0 N–H and O–H groups in total. The van der Waals surface area contributed by atoms with Gasteiger partial charge in [-0.25, -0.2) is 14.3 Å². The number of hydrogen-bond donors (Lipinski definition) is 0. The molecule has 0 spiro atoms. The first-order valence-electron chi connectivity index (χ1n) is 9.85. The van der Waals surface area contributed by atoms with Gasteiger partial charge in [0.25, 0.3) is 0 Å². The topological polar surface area (TPSA) is 66.9 Å². The molecule has 7 nitrogen and oxygen atoms in total. The molecule has 0 aliphatic heterocycles. The Labute approximate surface area is 172 Å². The molecule has 0 fully saturated rings. The van der Waals surface area contributed by atoms with E-state index in [0.717, 1.165) is 27.8 Å². The van der Waals surface area contributed by atoms with Gasteiger partial charge in [0.1, 0.15) is 5.75 Å². The smallest absolute Gasteiger partial charge is 0.334 e. The fourth-order valence-electron chi connectivity index (χ4n) is 3.82. The summed E-state index contributed by atoms with van der Waals surface area (Å²) in [5.41, 5.74) is 4.91. The van der Waals surface area contributed by atoms with Gasteiger partial charge in [-0.2, -0.15) is 4.98 Å². The number of aryl methyl sites for hydroxylation is 3. The minimum atomic E-state index is -0.102. The highest BCUT2D eigenvalue weighted by molar-refractivity contribution is 5.76. The van der Waals surface area contributed by atoms with E-state index in [1.165, 1.54) is 0 Å². The molecule has 3 heterocycles. The molecule has 5 rings (SSSR count). The third-order valence-electron chi connectivity index (χ3n) is 5.37. The Morgan fingerprint density at radius 3 is 2.60 bits per heavy atom. The molecule has 0 saturated heterocycles. The highest BCUT2D eigenvalue weighted by Crippen LogP contribution is 2.29. The van der Waals surface area contributed by atoms with Crippen LogP contribution in [0.5, 0.6) is 11.8 Å². The number of hydrogen-bond acceptors (Lipinski definition) is 4. The van der Waals surface area contributed by atoms with Crippen LogP contribution in [-0.2, 0) is 13.6 Å². The molecule has 3 aromatic heterocycles. The normalized spacial score (nSPS) is 11.4. The first-order valence-corrected chi connectivity index (χ1v) is 9.85. The standard InChI is InChI=1S/C23H21N5O2/c1-4-27-19-10-7-13-24-21(19)28(23(27)29)16-11-12-20(15(2)14-16)30-22-25-17-8-5-6-9-18(17)26(22)3/h5-14H,4H2,1-3H3. The number of nitrogens with zero attached hydrogens (tertiary/aromatic N) is 5. The summed E-state index contributed by atoms with van der Waals surface area (Å²) in [7, 11) is 1.93. The predicted octanol–water partition coefficient (Wildman–Crippen LogP) is 4.19. The largest absolute Gasteiger partial charge is 0.425 e. The van der Waals surface area contributed by atoms with Crippen LogP contribution in [0.3, 0.4) is 0 Å². The Morgan fingerprint density at radius 1 is 1.03 bits per heavy atom. The predicted molar refractivity (Wildman–Crippen MR) is 117 cm³/mol. The van der Waals surface area contributed by atoms with E-state index in [9.17, 15) is 4.79 Å². The van der Waals surface area contributed by atoms with Crippen molar-refractivity contribution >= 4 is 22.2 Å². The minimum Gasteiger partial charge on any atom is -0.425 e. The maximum atomic E-state index is 13.0. The Kier molecular flexibility index (Phi) is 4.17. The SMILES string of the molecule is CCn1c(=O)n(-c2ccc(Oc3nc4ccccc4n3C)c(C)c2)c2ncccc21. The van der Waals surface area contributed by atoms with E-state index >= 15 is 0 Å². The van der Waals surface area contributed by atoms with Gasteiger partial charge in [0, 0.05) is 19.8 Å². The molecule has 2 aromatic carbocycles. The van der Waals surface area contributed by atoms with E-state index in [2.05, 4.69) is 9.97 Å². The molecule has 0 aliphatic rings. The zero-order valence-corrected chi connectivity index (χ0v) is 17.0. The van der Waals surface area contributed by atoms with Crippen LogP contribution in [0.15, 0.2) is 65.6 Å². The van der Waals surface area contributed by atoms with Crippen molar-refractivity contribution in [1.29, 1.82) is 0 Å². The van der Waals surface area contributed by atoms with Crippen molar-refractivity contribution < 1.29 is 4.74 Å². The van der Waals surface area contributed by atoms with Gasteiger partial charge in [-0.15, -0.1) is 0 Å². The Balaban J connectivity index is 1.57. The lowest BCUT2D eigenvalue weighted by Crippen LogP contribution is -2.22. The molecule has 30 heavy (non-hydrogen) atoms. The van der Waals surface area contributed by atoms with Crippen molar-refractivity contribution in [3.63, 3.8) is 0 Å². The van der Waals surface area contributed by atoms with Crippen LogP contribution >= 0.6 is 0 Å². The minimum absolute atomic E-state index is 0.102. The molecule has 5 aromatic rings. The molecule has 0 unspecified atom stereocenters. The monoisotopic (exact) mass is 399 g/mol. The first kappa shape index (κ1) is 18.2. The van der Waals surface area contributed by atoms with Crippen molar-refractivity contribution in [2.75, 3.05) is 0 Å². The van der Waals surface area contributed by atoms with Crippen LogP contribution in [0.25, 0.3) is 27.9 Å². The van der Waals surface area contributed by atoms with Gasteiger partial charge in [-0.05, 0) is 61.9 Å². The Bertz CT molecular complexity index is 1460. The summed E-state index contributed by atoms with van der Waals surface area (Å²) in [6.07, 6.45) is 1.70. The van der Waals surface area contributed by atoms with E-state index in [4.69, 9.17) is 4.74 Å². The van der Waals surface area contributed by atoms with Crippen molar-refractivity contribution in [2.24, 2.45) is 7.05 Å². The molecule has 0 saturated carbocycles. The number of ether oxygens (including phenoxy) is 1. The van der Waals surface area contributed by atoms with Gasteiger partial charge in [0.2, 0.25) is 0 Å². The zero-order chi connectivity index (χ0) is 20.8. The number of fused-ring (bicyclic) bond motifs is 2. The second-order valence-electron chi connectivity index (χ2n) is 7.20. The second-order valence-corrected chi connectivity index (χ2v) is 7.20. The summed E-state index contributed by atoms with van der Waals surface area (Å²) < 4.78 is 11.4. The van der Waals surface area contributed by atoms with Crippen LogP contribution in [0, 0.1) is 6.92 Å². The summed E-state index contributed by atoms with van der Waals surface area (Å²) in [6, 6.07) is 17.9. The molecular weight excluding hydrogens is 378 g/mol. The summed E-state index contributed by atoms with van der Waals surface area (Å²) in [4.78, 5) is 22.0. The maximum Gasteiger partial charge on any atom is 0.334 e. The van der Waals surface area contributed by atoms with Crippen LogP contribution in [0.4, 0.5) is 0 Å². The van der Waals surface area contributed by atoms with Crippen LogP contribution in [0.2, 0.25) is 0 Å². The average molecular weight is 399 g/mol. The zero-order valence-electron chi connectivity index (χ0n) is 17.0. The first-order chi connectivity index (χ1) is 14.6. The maximum absolute atomic E-state index is 13.0. The molecular formula is C23H21N5O2. The van der Waals surface area contributed by atoms with E-state index in [1.807, 2.05) is 80.1 Å². The molecule has 0 aliphatic carbocycles. The van der Waals surface area contributed by atoms with Crippen molar-refractivity contribution in [1.82, 2.24) is 23.7 Å². The van der Waals surface area contributed by atoms with Crippen molar-refractivity contribution in [2.45, 2.75) is 20.4 Å². The summed E-state index contributed by atoms with van der Waals surface area (Å²) in [5.74, 6) is 0.692. The molecule has 0 radical (unpaired) electrons. The van der Waals surface area contributed by atoms with Gasteiger partial charge in [-0.3, -0.25) is 9.13 Å². The molecule has 7 heteroatoms.